The molecular weight excluding hydrogens is 841 g/mol. The Balaban J connectivity index is 0.956. The summed E-state index contributed by atoms with van der Waals surface area (Å²) in [5, 5.41) is 4.39. The number of nitrogens with zero attached hydrogens (tertiary/aromatic N) is 4. The number of fused-ring (bicyclic) bond motifs is 10. The van der Waals surface area contributed by atoms with E-state index >= 15 is 0 Å². The zero-order valence-corrected chi connectivity index (χ0v) is 37.3. The highest BCUT2D eigenvalue weighted by Crippen LogP contribution is 2.53. The highest BCUT2D eigenvalue weighted by molar-refractivity contribution is 6.13. The number of furan rings is 1. The van der Waals surface area contributed by atoms with E-state index in [0.29, 0.717) is 17.6 Å². The van der Waals surface area contributed by atoms with Crippen molar-refractivity contribution in [3.63, 3.8) is 0 Å². The van der Waals surface area contributed by atoms with Gasteiger partial charge in [-0.15, -0.1) is 0 Å². The van der Waals surface area contributed by atoms with Gasteiger partial charge in [0.25, 0.3) is 0 Å². The van der Waals surface area contributed by atoms with Crippen LogP contribution in [0.5, 0.6) is 0 Å². The average molecular weight is 881 g/mol. The van der Waals surface area contributed by atoms with Gasteiger partial charge in [-0.3, -0.25) is 4.57 Å². The van der Waals surface area contributed by atoms with Gasteiger partial charge in [-0.1, -0.05) is 200 Å². The van der Waals surface area contributed by atoms with Crippen molar-refractivity contribution < 1.29 is 4.42 Å². The van der Waals surface area contributed by atoms with Gasteiger partial charge in [-0.05, 0) is 97.6 Å². The predicted octanol–water partition coefficient (Wildman–Crippen LogP) is 16.4. The van der Waals surface area contributed by atoms with Gasteiger partial charge in [0, 0.05) is 38.6 Å². The molecule has 5 nitrogen and oxygen atoms in total. The lowest BCUT2D eigenvalue weighted by Gasteiger charge is -2.18. The Morgan fingerprint density at radius 2 is 0.884 bits per heavy atom. The maximum atomic E-state index is 6.72. The largest absolute Gasteiger partial charge is 0.456 e. The minimum absolute atomic E-state index is 0.0367. The van der Waals surface area contributed by atoms with Crippen molar-refractivity contribution in [3.05, 3.63) is 253 Å². The molecule has 0 spiro atoms. The van der Waals surface area contributed by atoms with Crippen molar-refractivity contribution in [1.29, 1.82) is 0 Å². The van der Waals surface area contributed by atoms with Gasteiger partial charge in [0.15, 0.2) is 11.6 Å². The number of rotatable bonds is 7. The first-order chi connectivity index (χ1) is 34.2. The lowest BCUT2D eigenvalue weighted by atomic mass is 9.87. The molecule has 0 fully saturated rings. The second-order valence-corrected chi connectivity index (χ2v) is 17.9. The lowest BCUT2D eigenvalue weighted by molar-refractivity contribution is 0.669. The summed E-state index contributed by atoms with van der Waals surface area (Å²) in [4.78, 5) is 16.0. The SMILES string of the molecule is c1ccc(-c2cccc(-c3ccc4c(c3)oc3cc(-c5nc(-c6ccccc6)nc(-n6c7ccccc7c7ccc8c(c76)C(c6cccc(-c7ccccc7)c6)c6ccccc6-8)n5)ccc34)c2)cc1. The molecule has 69 heavy (non-hydrogen) atoms. The minimum Gasteiger partial charge on any atom is -0.456 e. The van der Waals surface area contributed by atoms with Crippen molar-refractivity contribution in [2.45, 2.75) is 5.92 Å². The molecule has 0 aliphatic heterocycles. The third kappa shape index (κ3) is 6.43. The fraction of sp³-hybridized carbons (Fsp3) is 0.0156. The summed E-state index contributed by atoms with van der Waals surface area (Å²) >= 11 is 0. The van der Waals surface area contributed by atoms with Gasteiger partial charge in [0.1, 0.15) is 11.2 Å². The van der Waals surface area contributed by atoms with Crippen LogP contribution in [0.3, 0.4) is 0 Å². The van der Waals surface area contributed by atoms with E-state index in [9.17, 15) is 0 Å². The monoisotopic (exact) mass is 880 g/mol. The molecule has 1 aliphatic carbocycles. The van der Waals surface area contributed by atoms with Gasteiger partial charge in [-0.2, -0.15) is 9.97 Å². The first kappa shape index (κ1) is 39.0. The molecule has 14 rings (SSSR count). The topological polar surface area (TPSA) is 56.7 Å². The van der Waals surface area contributed by atoms with E-state index in [1.807, 2.05) is 24.3 Å². The molecule has 1 unspecified atom stereocenters. The molecule has 5 heteroatoms. The third-order valence-corrected chi connectivity index (χ3v) is 13.9. The summed E-state index contributed by atoms with van der Waals surface area (Å²) in [6.07, 6.45) is 0. The predicted molar refractivity (Wildman–Crippen MR) is 281 cm³/mol. The van der Waals surface area contributed by atoms with E-state index in [1.54, 1.807) is 0 Å². The fourth-order valence-corrected chi connectivity index (χ4v) is 10.8. The van der Waals surface area contributed by atoms with Crippen molar-refractivity contribution in [3.8, 4) is 73.2 Å². The normalized spacial score (nSPS) is 13.1. The summed E-state index contributed by atoms with van der Waals surface area (Å²) in [7, 11) is 0. The maximum Gasteiger partial charge on any atom is 0.238 e. The molecule has 1 aliphatic rings. The van der Waals surface area contributed by atoms with Crippen LogP contribution in [-0.2, 0) is 0 Å². The Hall–Kier alpha value is -9.19. The molecule has 3 heterocycles. The fourth-order valence-electron chi connectivity index (χ4n) is 10.8. The molecule has 13 aromatic rings. The Labute approximate surface area is 398 Å². The highest BCUT2D eigenvalue weighted by atomic mass is 16.3. The Kier molecular flexibility index (Phi) is 8.89. The smallest absolute Gasteiger partial charge is 0.238 e. The van der Waals surface area contributed by atoms with Gasteiger partial charge in [0.05, 0.1) is 11.0 Å². The molecule has 10 aromatic carbocycles. The molecular formula is C64H40N4O. The van der Waals surface area contributed by atoms with E-state index in [1.165, 1.54) is 50.1 Å². The van der Waals surface area contributed by atoms with Crippen molar-refractivity contribution >= 4 is 43.7 Å². The second-order valence-electron chi connectivity index (χ2n) is 17.9. The maximum absolute atomic E-state index is 6.72. The first-order valence-electron chi connectivity index (χ1n) is 23.5. The molecule has 0 saturated heterocycles. The molecule has 0 N–H and O–H groups in total. The van der Waals surface area contributed by atoms with Gasteiger partial charge >= 0.3 is 0 Å². The molecule has 3 aromatic heterocycles. The van der Waals surface area contributed by atoms with Crippen LogP contribution >= 0.6 is 0 Å². The number of para-hydroxylation sites is 1. The van der Waals surface area contributed by atoms with Crippen LogP contribution in [0.2, 0.25) is 0 Å². The van der Waals surface area contributed by atoms with Crippen LogP contribution in [-0.4, -0.2) is 19.5 Å². The van der Waals surface area contributed by atoms with E-state index in [4.69, 9.17) is 19.4 Å². The lowest BCUT2D eigenvalue weighted by Crippen LogP contribution is -2.08. The van der Waals surface area contributed by atoms with Gasteiger partial charge in [0.2, 0.25) is 5.95 Å². The molecule has 0 radical (unpaired) electrons. The zero-order chi connectivity index (χ0) is 45.4. The van der Waals surface area contributed by atoms with Crippen LogP contribution in [0.4, 0.5) is 0 Å². The molecule has 0 saturated carbocycles. The number of hydrogen-bond donors (Lipinski definition) is 0. The van der Waals surface area contributed by atoms with E-state index < -0.39 is 0 Å². The van der Waals surface area contributed by atoms with E-state index in [2.05, 4.69) is 217 Å². The van der Waals surface area contributed by atoms with Crippen LogP contribution in [0.25, 0.3) is 117 Å². The molecule has 0 amide bonds. The zero-order valence-electron chi connectivity index (χ0n) is 37.3. The molecule has 322 valence electrons. The Bertz CT molecular complexity index is 4140. The summed E-state index contributed by atoms with van der Waals surface area (Å²) < 4.78 is 9.01. The van der Waals surface area contributed by atoms with Gasteiger partial charge < -0.3 is 4.42 Å². The Morgan fingerprint density at radius 1 is 0.348 bits per heavy atom. The first-order valence-corrected chi connectivity index (χ1v) is 23.5. The summed E-state index contributed by atoms with van der Waals surface area (Å²) in [5.74, 6) is 1.67. The summed E-state index contributed by atoms with van der Waals surface area (Å²) in [5.41, 5.74) is 18.7. The van der Waals surface area contributed by atoms with Crippen LogP contribution in [0.15, 0.2) is 241 Å². The molecule has 0 bridgehead atoms. The van der Waals surface area contributed by atoms with Gasteiger partial charge in [-0.25, -0.2) is 4.98 Å². The van der Waals surface area contributed by atoms with E-state index in [0.717, 1.165) is 66.0 Å². The minimum atomic E-state index is -0.0367. The molecule has 1 atom stereocenters. The number of aromatic nitrogens is 4. The van der Waals surface area contributed by atoms with Crippen LogP contribution < -0.4 is 0 Å². The third-order valence-electron chi connectivity index (χ3n) is 13.9. The van der Waals surface area contributed by atoms with E-state index in [-0.39, 0.29) is 5.92 Å². The summed E-state index contributed by atoms with van der Waals surface area (Å²) in [6, 6.07) is 84.0. The van der Waals surface area contributed by atoms with Crippen LogP contribution in [0, 0.1) is 0 Å². The number of benzene rings is 10. The Morgan fingerprint density at radius 3 is 1.62 bits per heavy atom. The average Bonchev–Trinajstić information content (AvgIpc) is 4.09. The second kappa shape index (κ2) is 15.7. The summed E-state index contributed by atoms with van der Waals surface area (Å²) in [6.45, 7) is 0. The quantitative estimate of drug-likeness (QED) is 0.160. The van der Waals surface area contributed by atoms with Crippen LogP contribution in [0.1, 0.15) is 22.6 Å². The highest BCUT2D eigenvalue weighted by Gasteiger charge is 2.34. The van der Waals surface area contributed by atoms with Crippen molar-refractivity contribution in [2.75, 3.05) is 0 Å². The van der Waals surface area contributed by atoms with Crippen molar-refractivity contribution in [2.24, 2.45) is 0 Å². The van der Waals surface area contributed by atoms with Crippen molar-refractivity contribution in [1.82, 2.24) is 19.5 Å². The number of hydrogen-bond acceptors (Lipinski definition) is 4. The standard InChI is InChI=1S/C64H40N4O/c1-4-16-40(17-5-1)43-22-14-24-45(36-43)46-30-32-51-52-33-31-48(39-58(52)69-57(51)38-46)63-65-62(42-20-8-3-9-21-42)66-64(67-63)68-56-29-13-12-27-50(56)55-35-34-54-49-26-10-11-28-53(49)59(60(54)61(55)68)47-25-15-23-44(37-47)41-18-6-2-7-19-41/h1-39,59H.